The molecule has 1 saturated heterocycles. The van der Waals surface area contributed by atoms with E-state index in [1.54, 1.807) is 25.3 Å². The maximum atomic E-state index is 10.7. The fraction of sp³-hybridized carbons (Fsp3) is 0.462. The number of hydrogen-bond donors (Lipinski definition) is 0. The molecule has 1 aromatic rings. The minimum Gasteiger partial charge on any atom is -0.495 e. The Kier molecular flexibility index (Phi) is 4.02. The molecule has 1 heterocycles. The number of isocyanates is 1. The van der Waals surface area contributed by atoms with Gasteiger partial charge in [0.2, 0.25) is 6.08 Å². The Morgan fingerprint density at radius 2 is 2.17 bits per heavy atom. The number of hydrogen-bond acceptors (Lipinski definition) is 4. The molecule has 96 valence electrons. The second-order valence-corrected chi connectivity index (χ2v) is 4.60. The molecule has 0 amide bonds. The molecule has 0 atom stereocenters. The number of carbonyl (C=O) groups excluding carboxylic acids is 1. The van der Waals surface area contributed by atoms with E-state index in [1.807, 2.05) is 6.07 Å². The smallest absolute Gasteiger partial charge is 0.235 e. The summed E-state index contributed by atoms with van der Waals surface area (Å²) in [5, 5.41) is 0.516. The fourth-order valence-corrected chi connectivity index (χ4v) is 2.48. The van der Waals surface area contributed by atoms with E-state index in [0.29, 0.717) is 36.8 Å². The van der Waals surface area contributed by atoms with Crippen molar-refractivity contribution in [2.24, 2.45) is 4.99 Å². The first kappa shape index (κ1) is 13.1. The molecule has 0 spiro atoms. The van der Waals surface area contributed by atoms with Crippen molar-refractivity contribution < 1.29 is 14.3 Å². The van der Waals surface area contributed by atoms with E-state index >= 15 is 0 Å². The van der Waals surface area contributed by atoms with Crippen LogP contribution in [0.4, 0.5) is 0 Å². The SMILES string of the molecule is COc1ccc(C2(N=C=O)CCOCC2)cc1Cl. The zero-order valence-corrected chi connectivity index (χ0v) is 10.9. The van der Waals surface area contributed by atoms with Crippen LogP contribution in [-0.2, 0) is 15.1 Å². The summed E-state index contributed by atoms with van der Waals surface area (Å²) in [7, 11) is 1.56. The lowest BCUT2D eigenvalue weighted by atomic mass is 9.83. The Morgan fingerprint density at radius 3 is 2.72 bits per heavy atom. The van der Waals surface area contributed by atoms with Crippen molar-refractivity contribution in [3.63, 3.8) is 0 Å². The summed E-state index contributed by atoms with van der Waals surface area (Å²) >= 11 is 6.11. The first-order chi connectivity index (χ1) is 8.72. The molecule has 4 nitrogen and oxygen atoms in total. The van der Waals surface area contributed by atoms with Crippen LogP contribution in [0.1, 0.15) is 18.4 Å². The van der Waals surface area contributed by atoms with Gasteiger partial charge in [-0.2, -0.15) is 4.99 Å². The van der Waals surface area contributed by atoms with Crippen LogP contribution < -0.4 is 4.74 Å². The van der Waals surface area contributed by atoms with E-state index in [0.717, 1.165) is 5.56 Å². The fourth-order valence-electron chi connectivity index (χ4n) is 2.22. The lowest BCUT2D eigenvalue weighted by Crippen LogP contribution is -2.31. The predicted molar refractivity (Wildman–Crippen MR) is 67.9 cm³/mol. The maximum Gasteiger partial charge on any atom is 0.235 e. The monoisotopic (exact) mass is 267 g/mol. The molecule has 0 saturated carbocycles. The number of rotatable bonds is 3. The second kappa shape index (κ2) is 5.53. The van der Waals surface area contributed by atoms with E-state index < -0.39 is 5.54 Å². The Morgan fingerprint density at radius 1 is 1.44 bits per heavy atom. The molecule has 0 unspecified atom stereocenters. The molecule has 0 radical (unpaired) electrons. The van der Waals surface area contributed by atoms with Gasteiger partial charge in [0.1, 0.15) is 11.3 Å². The van der Waals surface area contributed by atoms with Crippen molar-refractivity contribution >= 4 is 17.7 Å². The molecule has 0 aromatic heterocycles. The molecule has 2 rings (SSSR count). The molecular formula is C13H14ClNO3. The summed E-state index contributed by atoms with van der Waals surface area (Å²) in [6.45, 7) is 1.16. The van der Waals surface area contributed by atoms with Gasteiger partial charge in [-0.05, 0) is 17.7 Å². The van der Waals surface area contributed by atoms with Gasteiger partial charge < -0.3 is 9.47 Å². The highest BCUT2D eigenvalue weighted by Crippen LogP contribution is 2.38. The van der Waals surface area contributed by atoms with Crippen molar-refractivity contribution in [1.82, 2.24) is 0 Å². The molecule has 5 heteroatoms. The van der Waals surface area contributed by atoms with Crippen LogP contribution in [0.5, 0.6) is 5.75 Å². The zero-order chi connectivity index (χ0) is 13.0. The topological polar surface area (TPSA) is 47.9 Å². The van der Waals surface area contributed by atoms with Gasteiger partial charge in [0.05, 0.1) is 12.1 Å². The van der Waals surface area contributed by atoms with Crippen LogP contribution in [0.3, 0.4) is 0 Å². The predicted octanol–water partition coefficient (Wildman–Crippen LogP) is 2.69. The summed E-state index contributed by atoms with van der Waals surface area (Å²) < 4.78 is 10.4. The minimum atomic E-state index is -0.560. The molecule has 1 aliphatic rings. The Bertz CT molecular complexity index is 477. The molecule has 0 bridgehead atoms. The zero-order valence-electron chi connectivity index (χ0n) is 10.1. The van der Waals surface area contributed by atoms with Crippen molar-refractivity contribution in [3.8, 4) is 5.75 Å². The van der Waals surface area contributed by atoms with Crippen LogP contribution in [0.15, 0.2) is 23.2 Å². The van der Waals surface area contributed by atoms with E-state index in [4.69, 9.17) is 21.1 Å². The second-order valence-electron chi connectivity index (χ2n) is 4.20. The average Bonchev–Trinajstić information content (AvgIpc) is 2.40. The quantitative estimate of drug-likeness (QED) is 0.625. The Balaban J connectivity index is 2.42. The number of nitrogens with zero attached hydrogens (tertiary/aromatic N) is 1. The van der Waals surface area contributed by atoms with Crippen molar-refractivity contribution in [1.29, 1.82) is 0 Å². The van der Waals surface area contributed by atoms with E-state index in [1.165, 1.54) is 0 Å². The van der Waals surface area contributed by atoms with Crippen LogP contribution in [-0.4, -0.2) is 26.4 Å². The normalized spacial score (nSPS) is 17.9. The highest BCUT2D eigenvalue weighted by Gasteiger charge is 2.34. The Labute approximate surface area is 111 Å². The van der Waals surface area contributed by atoms with Gasteiger partial charge >= 0.3 is 0 Å². The molecule has 0 N–H and O–H groups in total. The third kappa shape index (κ3) is 2.41. The van der Waals surface area contributed by atoms with Crippen LogP contribution in [0.2, 0.25) is 5.02 Å². The van der Waals surface area contributed by atoms with Gasteiger partial charge in [0.15, 0.2) is 0 Å². The van der Waals surface area contributed by atoms with E-state index in [-0.39, 0.29) is 0 Å². The van der Waals surface area contributed by atoms with Gasteiger partial charge in [-0.1, -0.05) is 17.7 Å². The standard InChI is InChI=1S/C13H14ClNO3/c1-17-12-3-2-10(8-11(12)14)13(15-9-16)4-6-18-7-5-13/h2-3,8H,4-7H2,1H3. The molecule has 1 fully saturated rings. The summed E-state index contributed by atoms with van der Waals surface area (Å²) in [5.41, 5.74) is 0.343. The summed E-state index contributed by atoms with van der Waals surface area (Å²) in [6, 6.07) is 5.47. The minimum absolute atomic E-state index is 0.516. The van der Waals surface area contributed by atoms with Crippen molar-refractivity contribution in [2.75, 3.05) is 20.3 Å². The van der Waals surface area contributed by atoms with Crippen molar-refractivity contribution in [3.05, 3.63) is 28.8 Å². The lowest BCUT2D eigenvalue weighted by Gasteiger charge is -2.32. The molecule has 0 aliphatic carbocycles. The molecular weight excluding hydrogens is 254 g/mol. The van der Waals surface area contributed by atoms with Gasteiger partial charge in [-0.3, -0.25) is 0 Å². The molecule has 1 aliphatic heterocycles. The summed E-state index contributed by atoms with van der Waals surface area (Å²) in [6.07, 6.45) is 2.99. The lowest BCUT2D eigenvalue weighted by molar-refractivity contribution is 0.0531. The van der Waals surface area contributed by atoms with Crippen LogP contribution in [0, 0.1) is 0 Å². The highest BCUT2D eigenvalue weighted by atomic mass is 35.5. The van der Waals surface area contributed by atoms with Crippen LogP contribution >= 0.6 is 11.6 Å². The van der Waals surface area contributed by atoms with E-state index in [2.05, 4.69) is 4.99 Å². The largest absolute Gasteiger partial charge is 0.495 e. The van der Waals surface area contributed by atoms with Gasteiger partial charge in [-0.25, -0.2) is 4.79 Å². The first-order valence-electron chi connectivity index (χ1n) is 5.73. The number of aliphatic imine (C=N–C) groups is 1. The number of methoxy groups -OCH3 is 1. The molecule has 18 heavy (non-hydrogen) atoms. The van der Waals surface area contributed by atoms with Crippen LogP contribution in [0.25, 0.3) is 0 Å². The Hall–Kier alpha value is -1.35. The van der Waals surface area contributed by atoms with Crippen molar-refractivity contribution in [2.45, 2.75) is 18.4 Å². The third-order valence-electron chi connectivity index (χ3n) is 3.27. The number of benzene rings is 1. The van der Waals surface area contributed by atoms with Gasteiger partial charge in [-0.15, -0.1) is 0 Å². The average molecular weight is 268 g/mol. The number of ether oxygens (including phenoxy) is 2. The first-order valence-corrected chi connectivity index (χ1v) is 6.10. The summed E-state index contributed by atoms with van der Waals surface area (Å²) in [5.74, 6) is 0.609. The van der Waals surface area contributed by atoms with E-state index in [9.17, 15) is 4.79 Å². The molecule has 1 aromatic carbocycles. The summed E-state index contributed by atoms with van der Waals surface area (Å²) in [4.78, 5) is 14.7. The highest BCUT2D eigenvalue weighted by molar-refractivity contribution is 6.32. The number of halogens is 1. The van der Waals surface area contributed by atoms with Gasteiger partial charge in [0.25, 0.3) is 0 Å². The maximum absolute atomic E-state index is 10.7. The third-order valence-corrected chi connectivity index (χ3v) is 3.56. The van der Waals surface area contributed by atoms with Gasteiger partial charge in [0, 0.05) is 26.1 Å².